The Balaban J connectivity index is 3.46. The number of esters is 2. The maximum absolute atomic E-state index is 12.3. The van der Waals surface area contributed by atoms with Crippen LogP contribution in [0.1, 0.15) is 0 Å². The molecule has 0 amide bonds. The molecule has 0 saturated heterocycles. The van der Waals surface area contributed by atoms with Crippen molar-refractivity contribution in [1.82, 2.24) is 0 Å². The minimum Gasteiger partial charge on any atom is -0.468 e. The van der Waals surface area contributed by atoms with Gasteiger partial charge in [0.05, 0.1) is 30.4 Å². The van der Waals surface area contributed by atoms with Gasteiger partial charge in [-0.1, -0.05) is 49.7 Å². The van der Waals surface area contributed by atoms with E-state index in [1.54, 1.807) is 0 Å². The molecule has 1 aliphatic carbocycles. The lowest BCUT2D eigenvalue weighted by Gasteiger charge is -2.22. The predicted octanol–water partition coefficient (Wildman–Crippen LogP) is 2.38. The Labute approximate surface area is 117 Å². The van der Waals surface area contributed by atoms with E-state index in [0.717, 1.165) is 10.4 Å². The van der Waals surface area contributed by atoms with Gasteiger partial charge in [-0.2, -0.15) is 0 Å². The number of carbonyl (C=O) groups excluding carboxylic acids is 2. The summed E-state index contributed by atoms with van der Waals surface area (Å²) in [6.45, 7) is 12.9. The highest BCUT2D eigenvalue weighted by Gasteiger charge is 2.71. The Morgan fingerprint density at radius 3 is 1.21 bits per heavy atom. The molecule has 0 atom stereocenters. The van der Waals surface area contributed by atoms with Gasteiger partial charge in [0.25, 0.3) is 0 Å². The molecule has 6 heteroatoms. The minimum absolute atomic E-state index is 0.478. The first-order chi connectivity index (χ1) is 8.45. The first-order valence-electron chi connectivity index (χ1n) is 6.38. The van der Waals surface area contributed by atoms with Crippen molar-refractivity contribution < 1.29 is 19.1 Å². The zero-order chi connectivity index (χ0) is 15.2. The summed E-state index contributed by atoms with van der Waals surface area (Å²) in [5, 5.41) is 2.05. The molecule has 0 unspecified atom stereocenters. The zero-order valence-electron chi connectivity index (χ0n) is 13.1. The molecule has 0 aliphatic heterocycles. The lowest BCUT2D eigenvalue weighted by Crippen LogP contribution is -2.40. The molecule has 0 aromatic rings. The average molecular weight is 301 g/mol. The lowest BCUT2D eigenvalue weighted by atomic mass is 10.1. The van der Waals surface area contributed by atoms with Crippen LogP contribution in [0.15, 0.2) is 10.4 Å². The van der Waals surface area contributed by atoms with E-state index in [2.05, 4.69) is 39.3 Å². The number of hydrogen-bond acceptors (Lipinski definition) is 4. The Morgan fingerprint density at radius 2 is 1.05 bits per heavy atom. The van der Waals surface area contributed by atoms with Crippen LogP contribution in [0.5, 0.6) is 0 Å². The van der Waals surface area contributed by atoms with Crippen molar-refractivity contribution in [3.8, 4) is 0 Å². The summed E-state index contributed by atoms with van der Waals surface area (Å²) in [5.74, 6) is -0.955. The summed E-state index contributed by atoms with van der Waals surface area (Å²) in [6, 6.07) is 0. The highest BCUT2D eigenvalue weighted by molar-refractivity contribution is 6.94. The quantitative estimate of drug-likeness (QED) is 0.454. The van der Waals surface area contributed by atoms with Gasteiger partial charge < -0.3 is 9.47 Å². The second kappa shape index (κ2) is 4.59. The maximum atomic E-state index is 12.3. The molecule has 0 aromatic carbocycles. The fraction of sp³-hybridized carbons (Fsp3) is 0.692. The molecule has 0 heterocycles. The summed E-state index contributed by atoms with van der Waals surface area (Å²) in [5.41, 5.74) is -1.20. The van der Waals surface area contributed by atoms with Crippen molar-refractivity contribution in [3.05, 3.63) is 10.4 Å². The number of hydrogen-bond donors (Lipinski definition) is 0. The molecule has 0 saturated carbocycles. The molecule has 0 fully saturated rings. The van der Waals surface area contributed by atoms with Crippen molar-refractivity contribution in [2.45, 2.75) is 39.3 Å². The van der Waals surface area contributed by atoms with Crippen LogP contribution < -0.4 is 0 Å². The van der Waals surface area contributed by atoms with Gasteiger partial charge in [0.15, 0.2) is 5.41 Å². The van der Waals surface area contributed by atoms with Gasteiger partial charge in [-0.25, -0.2) is 0 Å². The average Bonchev–Trinajstić information content (AvgIpc) is 2.97. The van der Waals surface area contributed by atoms with Gasteiger partial charge in [-0.05, 0) is 0 Å². The molecule has 0 N–H and O–H groups in total. The van der Waals surface area contributed by atoms with Gasteiger partial charge in [-0.3, -0.25) is 9.59 Å². The SMILES string of the molecule is COC(=O)C1(C(=O)OC)C([Si](C)(C)C)=C1[Si](C)(C)C. The fourth-order valence-electron chi connectivity index (χ4n) is 2.95. The molecule has 4 nitrogen and oxygen atoms in total. The molecule has 1 rings (SSSR count). The first kappa shape index (κ1) is 16.2. The van der Waals surface area contributed by atoms with E-state index in [0.29, 0.717) is 0 Å². The second-order valence-electron chi connectivity index (χ2n) is 6.98. The minimum atomic E-state index is -1.78. The monoisotopic (exact) mass is 300 g/mol. The fourth-order valence-corrected chi connectivity index (χ4v) is 9.99. The molecular weight excluding hydrogens is 276 g/mol. The summed E-state index contributed by atoms with van der Waals surface area (Å²) < 4.78 is 9.83. The lowest BCUT2D eigenvalue weighted by molar-refractivity contribution is -0.159. The van der Waals surface area contributed by atoms with Crippen molar-refractivity contribution in [3.63, 3.8) is 0 Å². The van der Waals surface area contributed by atoms with E-state index in [-0.39, 0.29) is 0 Å². The van der Waals surface area contributed by atoms with E-state index in [1.165, 1.54) is 14.2 Å². The summed E-state index contributed by atoms with van der Waals surface area (Å²) in [7, 11) is -0.898. The molecule has 108 valence electrons. The van der Waals surface area contributed by atoms with Crippen LogP contribution in [0.25, 0.3) is 0 Å². The zero-order valence-corrected chi connectivity index (χ0v) is 15.1. The highest BCUT2D eigenvalue weighted by atomic mass is 28.3. The van der Waals surface area contributed by atoms with E-state index in [1.807, 2.05) is 0 Å². The standard InChI is InChI=1S/C13H24O4Si2/c1-16-11(14)13(12(15)17-2)9(18(3,4)5)10(13)19(6,7)8/h1-8H3. The van der Waals surface area contributed by atoms with Crippen LogP contribution in [0.2, 0.25) is 39.3 Å². The Kier molecular flexibility index (Phi) is 3.91. The predicted molar refractivity (Wildman–Crippen MR) is 80.2 cm³/mol. The van der Waals surface area contributed by atoms with Gasteiger partial charge in [-0.15, -0.1) is 0 Å². The topological polar surface area (TPSA) is 52.6 Å². The largest absolute Gasteiger partial charge is 0.468 e. The maximum Gasteiger partial charge on any atom is 0.330 e. The molecule has 0 bridgehead atoms. The van der Waals surface area contributed by atoms with E-state index < -0.39 is 33.5 Å². The number of methoxy groups -OCH3 is 2. The smallest absolute Gasteiger partial charge is 0.330 e. The van der Waals surface area contributed by atoms with Crippen molar-refractivity contribution in [1.29, 1.82) is 0 Å². The number of ether oxygens (including phenoxy) is 2. The highest BCUT2D eigenvalue weighted by Crippen LogP contribution is 2.61. The normalized spacial score (nSPS) is 18.1. The van der Waals surface area contributed by atoms with E-state index in [9.17, 15) is 9.59 Å². The van der Waals surface area contributed by atoms with Crippen LogP contribution in [0, 0.1) is 5.41 Å². The summed E-state index contributed by atoms with van der Waals surface area (Å²) in [4.78, 5) is 24.6. The third-order valence-corrected chi connectivity index (χ3v) is 7.92. The third kappa shape index (κ3) is 2.31. The molecule has 0 spiro atoms. The van der Waals surface area contributed by atoms with Crippen LogP contribution in [-0.4, -0.2) is 42.3 Å². The number of carbonyl (C=O) groups is 2. The van der Waals surface area contributed by atoms with Crippen molar-refractivity contribution in [2.75, 3.05) is 14.2 Å². The summed E-state index contributed by atoms with van der Waals surface area (Å²) in [6.07, 6.45) is 0. The van der Waals surface area contributed by atoms with Crippen molar-refractivity contribution in [2.24, 2.45) is 5.41 Å². The van der Waals surface area contributed by atoms with Crippen LogP contribution in [0.4, 0.5) is 0 Å². The molecule has 1 aliphatic rings. The Bertz CT molecular complexity index is 410. The van der Waals surface area contributed by atoms with Gasteiger partial charge in [0.2, 0.25) is 0 Å². The summed E-state index contributed by atoms with van der Waals surface area (Å²) >= 11 is 0. The molecule has 0 aromatic heterocycles. The van der Waals surface area contributed by atoms with Gasteiger partial charge in [0.1, 0.15) is 0 Å². The van der Waals surface area contributed by atoms with E-state index >= 15 is 0 Å². The molecular formula is C13H24O4Si2. The van der Waals surface area contributed by atoms with E-state index in [4.69, 9.17) is 9.47 Å². The van der Waals surface area contributed by atoms with Gasteiger partial charge >= 0.3 is 11.9 Å². The Morgan fingerprint density at radius 1 is 0.789 bits per heavy atom. The Hall–Kier alpha value is -0.886. The molecule has 19 heavy (non-hydrogen) atoms. The molecule has 0 radical (unpaired) electrons. The van der Waals surface area contributed by atoms with Crippen LogP contribution in [0.3, 0.4) is 0 Å². The van der Waals surface area contributed by atoms with Crippen LogP contribution in [-0.2, 0) is 19.1 Å². The van der Waals surface area contributed by atoms with Crippen molar-refractivity contribution >= 4 is 28.1 Å². The number of rotatable bonds is 4. The van der Waals surface area contributed by atoms with Gasteiger partial charge in [0, 0.05) is 0 Å². The second-order valence-corrected chi connectivity index (χ2v) is 17.0. The first-order valence-corrected chi connectivity index (χ1v) is 13.4. The third-order valence-electron chi connectivity index (χ3n) is 3.42. The van der Waals surface area contributed by atoms with Crippen LogP contribution >= 0.6 is 0 Å².